The van der Waals surface area contributed by atoms with Crippen molar-refractivity contribution >= 4 is 0 Å². The lowest BCUT2D eigenvalue weighted by Gasteiger charge is -1.97. The van der Waals surface area contributed by atoms with E-state index in [-0.39, 0.29) is 5.82 Å². The number of halogens is 1. The van der Waals surface area contributed by atoms with Gasteiger partial charge in [0, 0.05) is 0 Å². The van der Waals surface area contributed by atoms with Crippen LogP contribution in [0.1, 0.15) is 43.9 Å². The van der Waals surface area contributed by atoms with E-state index in [9.17, 15) is 4.39 Å². The predicted octanol–water partition coefficient (Wildman–Crippen LogP) is 7.22. The summed E-state index contributed by atoms with van der Waals surface area (Å²) in [6, 6.07) is 15.1. The molecule has 2 aromatic carbocycles. The van der Waals surface area contributed by atoms with Gasteiger partial charge in [0.2, 0.25) is 0 Å². The van der Waals surface area contributed by atoms with Crippen LogP contribution in [0.15, 0.2) is 72.8 Å². The Balaban J connectivity index is 0.000000447. The van der Waals surface area contributed by atoms with E-state index in [2.05, 4.69) is 50.8 Å². The molecule has 0 aliphatic rings. The first kappa shape index (κ1) is 21.9. The van der Waals surface area contributed by atoms with Crippen molar-refractivity contribution in [1.29, 1.82) is 0 Å². The molecular formula is C23H31F. The lowest BCUT2D eigenvalue weighted by atomic mass is 10.1. The second-order valence-electron chi connectivity index (χ2n) is 5.57. The van der Waals surface area contributed by atoms with Crippen molar-refractivity contribution in [3.8, 4) is 0 Å². The van der Waals surface area contributed by atoms with Crippen LogP contribution in [0.2, 0.25) is 0 Å². The van der Waals surface area contributed by atoms with Gasteiger partial charge in [-0.25, -0.2) is 4.39 Å². The van der Waals surface area contributed by atoms with Gasteiger partial charge in [-0.2, -0.15) is 0 Å². The van der Waals surface area contributed by atoms with Crippen molar-refractivity contribution in [1.82, 2.24) is 0 Å². The lowest BCUT2D eigenvalue weighted by Crippen LogP contribution is -1.83. The van der Waals surface area contributed by atoms with Crippen LogP contribution in [0.3, 0.4) is 0 Å². The maximum atomic E-state index is 12.6. The first-order valence-electron chi connectivity index (χ1n) is 8.57. The summed E-state index contributed by atoms with van der Waals surface area (Å²) in [5.41, 5.74) is 4.88. The van der Waals surface area contributed by atoms with E-state index >= 15 is 0 Å². The van der Waals surface area contributed by atoms with Gasteiger partial charge in [-0.15, -0.1) is 0 Å². The zero-order chi connectivity index (χ0) is 18.4. The minimum absolute atomic E-state index is 0.175. The maximum Gasteiger partial charge on any atom is 0.123 e. The largest absolute Gasteiger partial charge is 0.207 e. The maximum absolute atomic E-state index is 12.6. The van der Waals surface area contributed by atoms with Crippen molar-refractivity contribution in [3.63, 3.8) is 0 Å². The summed E-state index contributed by atoms with van der Waals surface area (Å²) < 4.78 is 12.6. The van der Waals surface area contributed by atoms with Crippen LogP contribution in [0, 0.1) is 19.7 Å². The molecule has 0 N–H and O–H groups in total. The van der Waals surface area contributed by atoms with Crippen molar-refractivity contribution in [2.75, 3.05) is 0 Å². The molecule has 0 spiro atoms. The molecule has 0 saturated heterocycles. The highest BCUT2D eigenvalue weighted by Crippen LogP contribution is 2.06. The molecule has 0 atom stereocenters. The molecule has 130 valence electrons. The van der Waals surface area contributed by atoms with Gasteiger partial charge in [0.1, 0.15) is 5.82 Å². The lowest BCUT2D eigenvalue weighted by molar-refractivity contribution is 0.627. The molecule has 0 aliphatic heterocycles. The Labute approximate surface area is 147 Å². The highest BCUT2D eigenvalue weighted by atomic mass is 19.1. The molecule has 0 heterocycles. The van der Waals surface area contributed by atoms with E-state index in [1.165, 1.54) is 23.3 Å². The quantitative estimate of drug-likeness (QED) is 0.520. The number of hydrogen-bond acceptors (Lipinski definition) is 0. The van der Waals surface area contributed by atoms with Gasteiger partial charge in [-0.05, 0) is 51.3 Å². The number of allylic oxidation sites excluding steroid dienone is 3. The molecule has 0 saturated carbocycles. The normalized spacial score (nSPS) is 9.58. The molecule has 0 fully saturated rings. The van der Waals surface area contributed by atoms with Crippen molar-refractivity contribution in [2.45, 2.75) is 47.5 Å². The Hall–Kier alpha value is -2.15. The van der Waals surface area contributed by atoms with Gasteiger partial charge in [0.15, 0.2) is 0 Å². The molecule has 0 amide bonds. The van der Waals surface area contributed by atoms with Crippen LogP contribution in [0.5, 0.6) is 0 Å². The van der Waals surface area contributed by atoms with Crippen molar-refractivity contribution < 1.29 is 4.39 Å². The molecule has 0 nitrogen and oxygen atoms in total. The predicted molar refractivity (Wildman–Crippen MR) is 106 cm³/mol. The second kappa shape index (κ2) is 13.3. The second-order valence-corrected chi connectivity index (χ2v) is 5.57. The average Bonchev–Trinajstić information content (AvgIpc) is 2.58. The van der Waals surface area contributed by atoms with Gasteiger partial charge in [0.25, 0.3) is 0 Å². The van der Waals surface area contributed by atoms with Crippen LogP contribution >= 0.6 is 0 Å². The van der Waals surface area contributed by atoms with Gasteiger partial charge in [0.05, 0.1) is 0 Å². The molecule has 0 unspecified atom stereocenters. The summed E-state index contributed by atoms with van der Waals surface area (Å²) in [6.07, 6.45) is 6.01. The SMILES string of the molecule is C=C(C)/C=C\CCc1ccc(F)cc1.CC.Cc1ccc(C)cc1. The highest BCUT2D eigenvalue weighted by molar-refractivity contribution is 5.19. The topological polar surface area (TPSA) is 0 Å². The fourth-order valence-electron chi connectivity index (χ4n) is 1.82. The number of aryl methyl sites for hydroxylation is 3. The average molecular weight is 326 g/mol. The minimum atomic E-state index is -0.175. The van der Waals surface area contributed by atoms with Crippen LogP contribution in [0.25, 0.3) is 0 Å². The van der Waals surface area contributed by atoms with E-state index in [0.717, 1.165) is 24.0 Å². The summed E-state index contributed by atoms with van der Waals surface area (Å²) >= 11 is 0. The third-order valence-electron chi connectivity index (χ3n) is 3.13. The zero-order valence-electron chi connectivity index (χ0n) is 15.8. The van der Waals surface area contributed by atoms with Gasteiger partial charge < -0.3 is 0 Å². The molecule has 0 radical (unpaired) electrons. The standard InChI is InChI=1S/C13H15F.C8H10.C2H6/c1-11(2)5-3-4-6-12-7-9-13(14)10-8-12;1-7-3-5-8(2)6-4-7;1-2/h3,5,7-10H,1,4,6H2,2H3;3-6H,1-2H3;1-2H3/b5-3-;;. The summed E-state index contributed by atoms with van der Waals surface area (Å²) in [6.45, 7) is 13.9. The summed E-state index contributed by atoms with van der Waals surface area (Å²) in [5, 5.41) is 0. The third-order valence-corrected chi connectivity index (χ3v) is 3.13. The van der Waals surface area contributed by atoms with Crippen LogP contribution in [-0.4, -0.2) is 0 Å². The smallest absolute Gasteiger partial charge is 0.123 e. The van der Waals surface area contributed by atoms with E-state index in [0.29, 0.717) is 0 Å². The number of hydrogen-bond donors (Lipinski definition) is 0. The summed E-state index contributed by atoms with van der Waals surface area (Å²) in [5.74, 6) is -0.175. The Kier molecular flexibility index (Phi) is 12.1. The first-order valence-corrected chi connectivity index (χ1v) is 8.57. The van der Waals surface area contributed by atoms with Crippen LogP contribution < -0.4 is 0 Å². The molecule has 0 aliphatic carbocycles. The number of benzene rings is 2. The summed E-state index contributed by atoms with van der Waals surface area (Å²) in [4.78, 5) is 0. The molecule has 0 aromatic heterocycles. The molecule has 2 aromatic rings. The Bertz CT molecular complexity index is 568. The van der Waals surface area contributed by atoms with E-state index < -0.39 is 0 Å². The Morgan fingerprint density at radius 2 is 1.38 bits per heavy atom. The fourth-order valence-corrected chi connectivity index (χ4v) is 1.82. The Morgan fingerprint density at radius 1 is 0.917 bits per heavy atom. The zero-order valence-corrected chi connectivity index (χ0v) is 15.8. The molecule has 24 heavy (non-hydrogen) atoms. The molecule has 0 bridgehead atoms. The van der Waals surface area contributed by atoms with Crippen molar-refractivity contribution in [2.24, 2.45) is 0 Å². The molecular weight excluding hydrogens is 295 g/mol. The number of rotatable bonds is 4. The molecule has 1 heteroatoms. The van der Waals surface area contributed by atoms with E-state index in [1.54, 1.807) is 0 Å². The molecule has 2 rings (SSSR count). The van der Waals surface area contributed by atoms with Gasteiger partial charge in [-0.1, -0.05) is 85.7 Å². The van der Waals surface area contributed by atoms with E-state index in [4.69, 9.17) is 0 Å². The highest BCUT2D eigenvalue weighted by Gasteiger charge is 1.91. The summed E-state index contributed by atoms with van der Waals surface area (Å²) in [7, 11) is 0. The fraction of sp³-hybridized carbons (Fsp3) is 0.304. The van der Waals surface area contributed by atoms with Crippen molar-refractivity contribution in [3.05, 3.63) is 95.3 Å². The third kappa shape index (κ3) is 11.4. The van der Waals surface area contributed by atoms with Gasteiger partial charge >= 0.3 is 0 Å². The Morgan fingerprint density at radius 3 is 1.79 bits per heavy atom. The van der Waals surface area contributed by atoms with E-state index in [1.807, 2.05) is 39.0 Å². The van der Waals surface area contributed by atoms with Gasteiger partial charge in [-0.3, -0.25) is 0 Å². The monoisotopic (exact) mass is 326 g/mol. The first-order chi connectivity index (χ1) is 11.5. The van der Waals surface area contributed by atoms with Crippen LogP contribution in [0.4, 0.5) is 4.39 Å². The minimum Gasteiger partial charge on any atom is -0.207 e. The van der Waals surface area contributed by atoms with Crippen LogP contribution in [-0.2, 0) is 6.42 Å².